The zero-order valence-electron chi connectivity index (χ0n) is 35.5. The Morgan fingerprint density at radius 3 is 1.69 bits per heavy atom. The average Bonchev–Trinajstić information content (AvgIpc) is 3.73. The van der Waals surface area contributed by atoms with E-state index >= 15 is 0 Å². The highest BCUT2D eigenvalue weighted by molar-refractivity contribution is 5.97. The first-order valence-electron chi connectivity index (χ1n) is 20.9. The summed E-state index contributed by atoms with van der Waals surface area (Å²) >= 11 is 0. The molecule has 1 aliphatic rings. The van der Waals surface area contributed by atoms with Crippen LogP contribution in [0.15, 0.2) is 60.7 Å². The van der Waals surface area contributed by atoms with Crippen molar-refractivity contribution in [3.63, 3.8) is 0 Å². The van der Waals surface area contributed by atoms with Crippen molar-refractivity contribution in [1.82, 2.24) is 36.8 Å². The summed E-state index contributed by atoms with van der Waals surface area (Å²) in [6, 6.07) is 9.93. The minimum atomic E-state index is -1.26. The molecular formula is C43H63N9O9. The predicted octanol–water partition coefficient (Wildman–Crippen LogP) is -0.370. The summed E-state index contributed by atoms with van der Waals surface area (Å²) in [7, 11) is 0. The smallest absolute Gasteiger partial charge is 0.325 e. The van der Waals surface area contributed by atoms with Crippen LogP contribution in [0, 0.1) is 5.92 Å². The van der Waals surface area contributed by atoms with Gasteiger partial charge in [0.2, 0.25) is 41.4 Å². The summed E-state index contributed by atoms with van der Waals surface area (Å²) in [5, 5.41) is 25.3. The van der Waals surface area contributed by atoms with Gasteiger partial charge in [0.25, 0.3) is 0 Å². The summed E-state index contributed by atoms with van der Waals surface area (Å²) < 4.78 is 0. The highest BCUT2D eigenvalue weighted by Crippen LogP contribution is 2.20. The summed E-state index contributed by atoms with van der Waals surface area (Å²) in [5.41, 5.74) is 12.5. The standard InChI is InChI=1S/C43H63N9O9/c1-26(2)22-32(49-37(54)27(3)46-41(58)35-19-13-21-52(35)42(59)31(18-11-12-20-44)48-36(53)25-45)39(56)51-34(24-30-16-9-6-10-17-30)40(57)50-33(23-29-14-7-5-8-15-29)38(55)47-28(4)43(60)61/h5-10,14-17,26-28,31-35H,11-13,18-25,44-45H2,1-4H3,(H,46,58)(H,47,55)(H,48,53)(H,49,54)(H,50,57)(H,51,56)(H,60,61)/t27-,28-,31-,32-,33-,34-,35-/m0/s1. The fourth-order valence-corrected chi connectivity index (χ4v) is 6.92. The van der Waals surface area contributed by atoms with Gasteiger partial charge in [-0.2, -0.15) is 0 Å². The van der Waals surface area contributed by atoms with E-state index in [-0.39, 0.29) is 38.3 Å². The SMILES string of the molecule is CC(C)C[C@H](NC(=O)[C@H](C)NC(=O)[C@@H]1CCCN1C(=O)[C@H](CCCCN)NC(=O)CN)C(=O)N[C@@H](Cc1ccccc1)C(=O)N[C@@H](Cc1ccccc1)C(=O)N[C@@H](C)C(=O)O. The van der Waals surface area contributed by atoms with Crippen LogP contribution in [0.2, 0.25) is 0 Å². The normalized spacial score (nSPS) is 16.5. The van der Waals surface area contributed by atoms with E-state index in [0.29, 0.717) is 49.8 Å². The van der Waals surface area contributed by atoms with Crippen LogP contribution >= 0.6 is 0 Å². The molecule has 18 nitrogen and oxygen atoms in total. The topological polar surface area (TPSA) is 284 Å². The highest BCUT2D eigenvalue weighted by atomic mass is 16.4. The van der Waals surface area contributed by atoms with Gasteiger partial charge in [-0.25, -0.2) is 0 Å². The first-order chi connectivity index (χ1) is 29.0. The van der Waals surface area contributed by atoms with Crippen LogP contribution in [-0.2, 0) is 51.2 Å². The number of carbonyl (C=O) groups excluding carboxylic acids is 7. The van der Waals surface area contributed by atoms with Crippen molar-refractivity contribution >= 4 is 47.3 Å². The Morgan fingerprint density at radius 1 is 0.656 bits per heavy atom. The lowest BCUT2D eigenvalue weighted by molar-refractivity contribution is -0.142. The number of rotatable bonds is 24. The molecule has 0 bridgehead atoms. The number of nitrogens with two attached hydrogens (primary N) is 2. The molecule has 0 aromatic heterocycles. The van der Waals surface area contributed by atoms with Crippen molar-refractivity contribution in [2.24, 2.45) is 17.4 Å². The van der Waals surface area contributed by atoms with Gasteiger partial charge in [-0.1, -0.05) is 74.5 Å². The van der Waals surface area contributed by atoms with Crippen molar-refractivity contribution in [2.45, 2.75) is 121 Å². The van der Waals surface area contributed by atoms with Crippen LogP contribution in [0.3, 0.4) is 0 Å². The first-order valence-corrected chi connectivity index (χ1v) is 20.9. The van der Waals surface area contributed by atoms with E-state index in [1.807, 2.05) is 13.8 Å². The highest BCUT2D eigenvalue weighted by Gasteiger charge is 2.39. The van der Waals surface area contributed by atoms with E-state index in [1.54, 1.807) is 60.7 Å². The number of benzene rings is 2. The van der Waals surface area contributed by atoms with Gasteiger partial charge in [0.1, 0.15) is 42.3 Å². The minimum Gasteiger partial charge on any atom is -0.480 e. The number of nitrogens with one attached hydrogen (secondary N) is 6. The molecule has 3 rings (SSSR count). The third kappa shape index (κ3) is 16.2. The van der Waals surface area contributed by atoms with E-state index in [4.69, 9.17) is 11.5 Å². The van der Waals surface area contributed by atoms with Gasteiger partial charge in [0.15, 0.2) is 0 Å². The molecule has 0 unspecified atom stereocenters. The Bertz CT molecular complexity index is 1800. The number of carboxylic acid groups (broad SMARTS) is 1. The molecule has 1 aliphatic heterocycles. The summed E-state index contributed by atoms with van der Waals surface area (Å²) in [4.78, 5) is 107. The van der Waals surface area contributed by atoms with Crippen molar-refractivity contribution < 1.29 is 43.5 Å². The number of likely N-dealkylation sites (tertiary alicyclic amines) is 1. The molecule has 61 heavy (non-hydrogen) atoms. The van der Waals surface area contributed by atoms with Crippen LogP contribution in [0.1, 0.15) is 77.3 Å². The quantitative estimate of drug-likeness (QED) is 0.0615. The molecule has 0 aliphatic carbocycles. The Balaban J connectivity index is 1.78. The number of unbranched alkanes of at least 4 members (excludes halogenated alkanes) is 1. The number of nitrogens with zero attached hydrogens (tertiary/aromatic N) is 1. The van der Waals surface area contributed by atoms with Gasteiger partial charge < -0.3 is 53.4 Å². The maximum Gasteiger partial charge on any atom is 0.325 e. The Kier molecular flexibility index (Phi) is 20.3. The van der Waals surface area contributed by atoms with Crippen molar-refractivity contribution in [1.29, 1.82) is 0 Å². The molecule has 1 heterocycles. The number of carbonyl (C=O) groups is 8. The van der Waals surface area contributed by atoms with E-state index in [1.165, 1.54) is 18.7 Å². The van der Waals surface area contributed by atoms with E-state index in [0.717, 1.165) is 0 Å². The maximum absolute atomic E-state index is 14.1. The molecule has 0 saturated carbocycles. The third-order valence-electron chi connectivity index (χ3n) is 10.3. The number of hydrogen-bond donors (Lipinski definition) is 9. The molecule has 0 spiro atoms. The van der Waals surface area contributed by atoms with E-state index < -0.39 is 89.6 Å². The van der Waals surface area contributed by atoms with Gasteiger partial charge >= 0.3 is 5.97 Å². The Labute approximate surface area is 357 Å². The van der Waals surface area contributed by atoms with Crippen molar-refractivity contribution in [2.75, 3.05) is 19.6 Å². The number of amides is 7. The number of aliphatic carboxylic acids is 1. The second-order valence-corrected chi connectivity index (χ2v) is 15.8. The van der Waals surface area contributed by atoms with Gasteiger partial charge in [0, 0.05) is 19.4 Å². The molecule has 1 saturated heterocycles. The molecule has 7 amide bonds. The number of carboxylic acids is 1. The Morgan fingerprint density at radius 2 is 1.18 bits per heavy atom. The lowest BCUT2D eigenvalue weighted by atomic mass is 10.00. The Hall–Kier alpha value is -5.88. The first kappa shape index (κ1) is 49.5. The fourth-order valence-electron chi connectivity index (χ4n) is 6.92. The van der Waals surface area contributed by atoms with Crippen molar-refractivity contribution in [3.05, 3.63) is 71.8 Å². The second-order valence-electron chi connectivity index (χ2n) is 15.8. The van der Waals surface area contributed by atoms with Gasteiger partial charge in [-0.05, 0) is 76.0 Å². The number of hydrogen-bond acceptors (Lipinski definition) is 10. The van der Waals surface area contributed by atoms with Crippen LogP contribution in [0.25, 0.3) is 0 Å². The monoisotopic (exact) mass is 849 g/mol. The van der Waals surface area contributed by atoms with E-state index in [9.17, 15) is 43.5 Å². The zero-order valence-corrected chi connectivity index (χ0v) is 35.5. The molecule has 7 atom stereocenters. The van der Waals surface area contributed by atoms with Gasteiger partial charge in [0.05, 0.1) is 6.54 Å². The maximum atomic E-state index is 14.1. The molecule has 0 radical (unpaired) electrons. The summed E-state index contributed by atoms with van der Waals surface area (Å²) in [6.07, 6.45) is 2.59. The average molecular weight is 850 g/mol. The zero-order chi connectivity index (χ0) is 45.1. The predicted molar refractivity (Wildman–Crippen MR) is 227 cm³/mol. The van der Waals surface area contributed by atoms with Crippen molar-refractivity contribution in [3.8, 4) is 0 Å². The molecule has 11 N–H and O–H groups in total. The summed E-state index contributed by atoms with van der Waals surface area (Å²) in [6.45, 7) is 6.83. The van der Waals surface area contributed by atoms with Crippen LogP contribution in [0.4, 0.5) is 0 Å². The van der Waals surface area contributed by atoms with Gasteiger partial charge in [-0.15, -0.1) is 0 Å². The molecule has 2 aromatic rings. The minimum absolute atomic E-state index is 0.0127. The second kappa shape index (κ2) is 25.0. The lowest BCUT2D eigenvalue weighted by Gasteiger charge is -2.30. The van der Waals surface area contributed by atoms with Crippen LogP contribution < -0.4 is 43.4 Å². The molecule has 334 valence electrons. The third-order valence-corrected chi connectivity index (χ3v) is 10.3. The summed E-state index contributed by atoms with van der Waals surface area (Å²) in [5.74, 6) is -5.70. The lowest BCUT2D eigenvalue weighted by Crippen LogP contribution is -2.60. The van der Waals surface area contributed by atoms with Crippen LogP contribution in [-0.4, -0.2) is 119 Å². The fraction of sp³-hybridized carbons (Fsp3) is 0.535. The van der Waals surface area contributed by atoms with Crippen LogP contribution in [0.5, 0.6) is 0 Å². The van der Waals surface area contributed by atoms with E-state index in [2.05, 4.69) is 31.9 Å². The molecule has 18 heteroatoms. The largest absolute Gasteiger partial charge is 0.480 e. The van der Waals surface area contributed by atoms with Gasteiger partial charge in [-0.3, -0.25) is 38.4 Å². The molecular weight excluding hydrogens is 787 g/mol. The molecule has 2 aromatic carbocycles. The molecule has 1 fully saturated rings.